The van der Waals surface area contributed by atoms with Crippen LogP contribution in [0.5, 0.6) is 11.5 Å². The number of carbonyl (C=O) groups is 2. The molecule has 0 saturated carbocycles. The number of aliphatic hydroxyl groups excluding tert-OH is 1. The molecule has 0 bridgehead atoms. The molecule has 1 heterocycles. The third-order valence-electron chi connectivity index (χ3n) is 4.35. The molecule has 1 aliphatic heterocycles. The number of methoxy groups -OCH3 is 2. The van der Waals surface area contributed by atoms with E-state index in [1.54, 1.807) is 42.5 Å². The average Bonchev–Trinajstić information content (AvgIpc) is 2.93. The molecule has 1 N–H and O–H groups in total. The van der Waals surface area contributed by atoms with Gasteiger partial charge in [0.25, 0.3) is 5.91 Å². The highest BCUT2D eigenvalue weighted by Crippen LogP contribution is 2.42. The van der Waals surface area contributed by atoms with Gasteiger partial charge in [0.05, 0.1) is 25.8 Å². The molecule has 0 unspecified atom stereocenters. The number of carbonyl (C=O) groups excluding carboxylic acids is 2. The summed E-state index contributed by atoms with van der Waals surface area (Å²) in [7, 11) is 3.04. The maximum Gasteiger partial charge on any atom is 0.294 e. The number of ether oxygens (including phenoxy) is 2. The first-order chi connectivity index (χ1) is 12.5. The Bertz CT molecular complexity index is 888. The number of hydrogen-bond acceptors (Lipinski definition) is 5. The molecule has 0 aromatic heterocycles. The van der Waals surface area contributed by atoms with Crippen molar-refractivity contribution < 1.29 is 24.2 Å². The van der Waals surface area contributed by atoms with Crippen molar-refractivity contribution in [3.63, 3.8) is 0 Å². The number of anilines is 1. The number of amides is 1. The summed E-state index contributed by atoms with van der Waals surface area (Å²) in [4.78, 5) is 26.3. The Morgan fingerprint density at radius 1 is 1.04 bits per heavy atom. The summed E-state index contributed by atoms with van der Waals surface area (Å²) in [6.07, 6.45) is 0. The number of hydrogen-bond donors (Lipinski definition) is 1. The van der Waals surface area contributed by atoms with Gasteiger partial charge in [-0.05, 0) is 36.8 Å². The van der Waals surface area contributed by atoms with Crippen LogP contribution in [0.2, 0.25) is 0 Å². The number of rotatable bonds is 5. The molecule has 2 aromatic carbocycles. The maximum atomic E-state index is 12.7. The van der Waals surface area contributed by atoms with E-state index in [-0.39, 0.29) is 11.4 Å². The van der Waals surface area contributed by atoms with Crippen LogP contribution in [0.25, 0.3) is 0 Å². The molecule has 6 heteroatoms. The highest BCUT2D eigenvalue weighted by molar-refractivity contribution is 6.16. The molecule has 1 amide bonds. The second kappa shape index (κ2) is 6.92. The number of para-hydroxylation sites is 1. The minimum Gasteiger partial charge on any atom is -0.503 e. The van der Waals surface area contributed by atoms with E-state index >= 15 is 0 Å². The van der Waals surface area contributed by atoms with E-state index in [4.69, 9.17) is 9.47 Å². The standard InChI is InChI=1S/C20H19NO5/c1-12(22)17-18(13-9-10-15(25-2)16(11-13)26-3)21(20(24)19(17)23)14-7-5-4-6-8-14/h4-11,18,23H,1-3H3/t18-/m1/s1. The van der Waals surface area contributed by atoms with Crippen LogP contribution >= 0.6 is 0 Å². The first-order valence-electron chi connectivity index (χ1n) is 8.04. The zero-order valence-corrected chi connectivity index (χ0v) is 14.7. The smallest absolute Gasteiger partial charge is 0.294 e. The lowest BCUT2D eigenvalue weighted by molar-refractivity contribution is -0.117. The summed E-state index contributed by atoms with van der Waals surface area (Å²) in [5, 5.41) is 10.3. The van der Waals surface area contributed by atoms with Gasteiger partial charge in [0.1, 0.15) is 0 Å². The molecule has 134 valence electrons. The van der Waals surface area contributed by atoms with Crippen molar-refractivity contribution in [2.45, 2.75) is 13.0 Å². The molecular formula is C20H19NO5. The Morgan fingerprint density at radius 2 is 1.69 bits per heavy atom. The number of Topliss-reactive ketones (excluding diaryl/α,β-unsaturated/α-hetero) is 1. The lowest BCUT2D eigenvalue weighted by Gasteiger charge is -2.27. The number of ketones is 1. The largest absolute Gasteiger partial charge is 0.503 e. The van der Waals surface area contributed by atoms with E-state index < -0.39 is 17.7 Å². The Kier molecular flexibility index (Phi) is 4.67. The van der Waals surface area contributed by atoms with Crippen molar-refractivity contribution in [2.75, 3.05) is 19.1 Å². The predicted octanol–water partition coefficient (Wildman–Crippen LogP) is 3.19. The maximum absolute atomic E-state index is 12.7. The summed E-state index contributed by atoms with van der Waals surface area (Å²) in [5.74, 6) is -0.499. The molecule has 1 aliphatic rings. The van der Waals surface area contributed by atoms with Gasteiger partial charge in [0.15, 0.2) is 23.0 Å². The monoisotopic (exact) mass is 353 g/mol. The molecule has 6 nitrogen and oxygen atoms in total. The molecule has 0 fully saturated rings. The minimum absolute atomic E-state index is 0.0612. The van der Waals surface area contributed by atoms with Crippen LogP contribution in [0, 0.1) is 0 Å². The van der Waals surface area contributed by atoms with E-state index in [0.717, 1.165) is 0 Å². The molecule has 0 saturated heterocycles. The van der Waals surface area contributed by atoms with Gasteiger partial charge in [0.2, 0.25) is 0 Å². The molecule has 0 aliphatic carbocycles. The lowest BCUT2D eigenvalue weighted by Crippen LogP contribution is -2.30. The van der Waals surface area contributed by atoms with Gasteiger partial charge >= 0.3 is 0 Å². The molecule has 26 heavy (non-hydrogen) atoms. The summed E-state index contributed by atoms with van der Waals surface area (Å²) in [6, 6.07) is 13.3. The molecule has 0 spiro atoms. The van der Waals surface area contributed by atoms with Crippen molar-refractivity contribution in [3.8, 4) is 11.5 Å². The van der Waals surface area contributed by atoms with Gasteiger partial charge in [-0.25, -0.2) is 0 Å². The van der Waals surface area contributed by atoms with Gasteiger partial charge in [-0.1, -0.05) is 24.3 Å². The van der Waals surface area contributed by atoms with Crippen molar-refractivity contribution in [3.05, 3.63) is 65.4 Å². The fourth-order valence-corrected chi connectivity index (χ4v) is 3.16. The van der Waals surface area contributed by atoms with E-state index in [1.807, 2.05) is 6.07 Å². The highest BCUT2D eigenvalue weighted by atomic mass is 16.5. The van der Waals surface area contributed by atoms with Crippen LogP contribution in [0.1, 0.15) is 18.5 Å². The van der Waals surface area contributed by atoms with E-state index in [0.29, 0.717) is 22.7 Å². The molecule has 1 atom stereocenters. The Balaban J connectivity index is 2.19. The zero-order chi connectivity index (χ0) is 18.8. The van der Waals surface area contributed by atoms with Gasteiger partial charge in [0, 0.05) is 5.69 Å². The van der Waals surface area contributed by atoms with Gasteiger partial charge in [-0.15, -0.1) is 0 Å². The van der Waals surface area contributed by atoms with Crippen molar-refractivity contribution in [1.29, 1.82) is 0 Å². The third kappa shape index (κ3) is 2.79. The van der Waals surface area contributed by atoms with Crippen molar-refractivity contribution in [2.24, 2.45) is 0 Å². The van der Waals surface area contributed by atoms with Crippen LogP contribution in [0.3, 0.4) is 0 Å². The zero-order valence-electron chi connectivity index (χ0n) is 14.7. The second-order valence-electron chi connectivity index (χ2n) is 5.85. The fraction of sp³-hybridized carbons (Fsp3) is 0.200. The quantitative estimate of drug-likeness (QED) is 0.893. The summed E-state index contributed by atoms with van der Waals surface area (Å²) < 4.78 is 10.6. The van der Waals surface area contributed by atoms with Crippen LogP contribution in [0.15, 0.2) is 59.9 Å². The van der Waals surface area contributed by atoms with Crippen LogP contribution in [0.4, 0.5) is 5.69 Å². The normalized spacial score (nSPS) is 16.8. The van der Waals surface area contributed by atoms with Crippen molar-refractivity contribution >= 4 is 17.4 Å². The van der Waals surface area contributed by atoms with Gasteiger partial charge < -0.3 is 14.6 Å². The Labute approximate surface area is 151 Å². The fourth-order valence-electron chi connectivity index (χ4n) is 3.16. The molecule has 2 aromatic rings. The Hall–Kier alpha value is -3.28. The van der Waals surface area contributed by atoms with Gasteiger partial charge in [-0.2, -0.15) is 0 Å². The SMILES string of the molecule is COc1ccc([C@@H]2C(C(C)=O)=C(O)C(=O)N2c2ccccc2)cc1OC. The van der Waals surface area contributed by atoms with Crippen molar-refractivity contribution in [1.82, 2.24) is 0 Å². The molecule has 3 rings (SSSR count). The number of nitrogens with zero attached hydrogens (tertiary/aromatic N) is 1. The second-order valence-corrected chi connectivity index (χ2v) is 5.85. The van der Waals surface area contributed by atoms with E-state index in [2.05, 4.69) is 0 Å². The minimum atomic E-state index is -0.748. The van der Waals surface area contributed by atoms with Gasteiger partial charge in [-0.3, -0.25) is 14.5 Å². The van der Waals surface area contributed by atoms with Crippen LogP contribution < -0.4 is 14.4 Å². The first kappa shape index (κ1) is 17.5. The lowest BCUT2D eigenvalue weighted by atomic mass is 9.96. The molecular weight excluding hydrogens is 334 g/mol. The number of benzene rings is 2. The topological polar surface area (TPSA) is 76.1 Å². The third-order valence-corrected chi connectivity index (χ3v) is 4.35. The summed E-state index contributed by atoms with van der Waals surface area (Å²) >= 11 is 0. The van der Waals surface area contributed by atoms with E-state index in [1.165, 1.54) is 26.0 Å². The highest BCUT2D eigenvalue weighted by Gasteiger charge is 2.43. The first-order valence-corrected chi connectivity index (χ1v) is 8.04. The average molecular weight is 353 g/mol. The Morgan fingerprint density at radius 3 is 2.27 bits per heavy atom. The number of aliphatic hydroxyl groups is 1. The summed E-state index contributed by atoms with van der Waals surface area (Å²) in [5.41, 5.74) is 1.28. The van der Waals surface area contributed by atoms with E-state index in [9.17, 15) is 14.7 Å². The predicted molar refractivity (Wildman–Crippen MR) is 96.6 cm³/mol. The summed E-state index contributed by atoms with van der Waals surface area (Å²) in [6.45, 7) is 1.33. The van der Waals surface area contributed by atoms with Crippen LogP contribution in [-0.4, -0.2) is 31.0 Å². The molecule has 0 radical (unpaired) electrons. The van der Waals surface area contributed by atoms with Crippen LogP contribution in [-0.2, 0) is 9.59 Å².